The van der Waals surface area contributed by atoms with Crippen molar-refractivity contribution in [2.45, 2.75) is 44.4 Å². The Bertz CT molecular complexity index is 715. The molecule has 0 saturated heterocycles. The van der Waals surface area contributed by atoms with E-state index in [1.54, 1.807) is 6.07 Å². The van der Waals surface area contributed by atoms with E-state index in [1.165, 1.54) is 11.1 Å². The number of Topliss-reactive ketones (excluding diaryl/α,β-unsaturated/α-hetero) is 1. The number of rotatable bonds is 4. The lowest BCUT2D eigenvalue weighted by atomic mass is 9.81. The first-order valence-corrected chi connectivity index (χ1v) is 7.99. The predicted octanol–water partition coefficient (Wildman–Crippen LogP) is 3.64. The molecule has 2 aliphatic carbocycles. The third-order valence-electron chi connectivity index (χ3n) is 4.79. The van der Waals surface area contributed by atoms with Gasteiger partial charge in [0.2, 0.25) is 0 Å². The van der Waals surface area contributed by atoms with Gasteiger partial charge in [-0.25, -0.2) is 0 Å². The third kappa shape index (κ3) is 2.65. The highest BCUT2D eigenvalue weighted by atomic mass is 16.5. The quantitative estimate of drug-likeness (QED) is 0.875. The fourth-order valence-electron chi connectivity index (χ4n) is 3.34. The van der Waals surface area contributed by atoms with Crippen LogP contribution < -0.4 is 0 Å². The van der Waals surface area contributed by atoms with Crippen LogP contribution in [-0.2, 0) is 12.8 Å². The van der Waals surface area contributed by atoms with E-state index in [4.69, 9.17) is 4.52 Å². The largest absolute Gasteiger partial charge is 0.508 e. The van der Waals surface area contributed by atoms with E-state index in [0.29, 0.717) is 29.7 Å². The minimum atomic E-state index is 0.0860. The van der Waals surface area contributed by atoms with Gasteiger partial charge in [-0.15, -0.1) is 0 Å². The standard InChI is InChI=1S/C18H19NO3/c20-15-6-5-13-7-11(1-2-14(13)9-15)8-17(21)16-10-18(22-19-16)12-3-4-12/h5-6,9-12,20H,1-4,7-8H2. The molecule has 114 valence electrons. The zero-order chi connectivity index (χ0) is 15.1. The van der Waals surface area contributed by atoms with E-state index < -0.39 is 0 Å². The van der Waals surface area contributed by atoms with Crippen molar-refractivity contribution < 1.29 is 14.4 Å². The summed E-state index contributed by atoms with van der Waals surface area (Å²) in [6, 6.07) is 7.37. The number of ketones is 1. The first kappa shape index (κ1) is 13.6. The molecule has 1 aromatic carbocycles. The molecule has 1 fully saturated rings. The second-order valence-electron chi connectivity index (χ2n) is 6.58. The summed E-state index contributed by atoms with van der Waals surface area (Å²) >= 11 is 0. The van der Waals surface area contributed by atoms with Crippen LogP contribution in [0, 0.1) is 5.92 Å². The Balaban J connectivity index is 1.42. The van der Waals surface area contributed by atoms with E-state index in [-0.39, 0.29) is 5.78 Å². The van der Waals surface area contributed by atoms with Crippen molar-refractivity contribution in [3.8, 4) is 5.75 Å². The summed E-state index contributed by atoms with van der Waals surface area (Å²) < 4.78 is 5.27. The molecule has 1 atom stereocenters. The number of hydrogen-bond acceptors (Lipinski definition) is 4. The summed E-state index contributed by atoms with van der Waals surface area (Å²) in [6.45, 7) is 0. The molecular formula is C18H19NO3. The lowest BCUT2D eigenvalue weighted by molar-refractivity contribution is 0.0948. The van der Waals surface area contributed by atoms with Crippen molar-refractivity contribution >= 4 is 5.78 Å². The van der Waals surface area contributed by atoms with Crippen molar-refractivity contribution in [2.75, 3.05) is 0 Å². The number of phenols is 1. The number of fused-ring (bicyclic) bond motifs is 1. The summed E-state index contributed by atoms with van der Waals surface area (Å²) in [5.41, 5.74) is 2.94. The zero-order valence-electron chi connectivity index (χ0n) is 12.4. The Morgan fingerprint density at radius 3 is 2.91 bits per heavy atom. The van der Waals surface area contributed by atoms with Gasteiger partial charge in [0.1, 0.15) is 17.2 Å². The molecule has 0 bridgehead atoms. The van der Waals surface area contributed by atoms with Gasteiger partial charge in [-0.2, -0.15) is 0 Å². The molecule has 1 N–H and O–H groups in total. The van der Waals surface area contributed by atoms with Gasteiger partial charge in [-0.05, 0) is 61.3 Å². The molecule has 1 aromatic heterocycles. The van der Waals surface area contributed by atoms with Crippen LogP contribution in [0.3, 0.4) is 0 Å². The van der Waals surface area contributed by atoms with E-state index in [0.717, 1.165) is 37.9 Å². The average molecular weight is 297 g/mol. The molecular weight excluding hydrogens is 278 g/mol. The van der Waals surface area contributed by atoms with Gasteiger partial charge in [0.05, 0.1) is 0 Å². The number of benzene rings is 1. The predicted molar refractivity (Wildman–Crippen MR) is 81.0 cm³/mol. The van der Waals surface area contributed by atoms with Crippen LogP contribution in [0.15, 0.2) is 28.8 Å². The highest BCUT2D eigenvalue weighted by Gasteiger charge is 2.29. The highest BCUT2D eigenvalue weighted by molar-refractivity contribution is 5.94. The summed E-state index contributed by atoms with van der Waals surface area (Å²) in [4.78, 5) is 12.4. The normalized spacial score (nSPS) is 20.6. The Morgan fingerprint density at radius 1 is 1.23 bits per heavy atom. The average Bonchev–Trinajstić information content (AvgIpc) is 3.24. The fraction of sp³-hybridized carbons (Fsp3) is 0.444. The van der Waals surface area contributed by atoms with Crippen molar-refractivity contribution in [3.05, 3.63) is 46.8 Å². The number of phenolic OH excluding ortho intramolecular Hbond substituents is 1. The Morgan fingerprint density at radius 2 is 2.09 bits per heavy atom. The first-order chi connectivity index (χ1) is 10.7. The monoisotopic (exact) mass is 297 g/mol. The molecule has 0 radical (unpaired) electrons. The maximum absolute atomic E-state index is 12.4. The van der Waals surface area contributed by atoms with Crippen LogP contribution in [0.25, 0.3) is 0 Å². The fourth-order valence-corrected chi connectivity index (χ4v) is 3.34. The third-order valence-corrected chi connectivity index (χ3v) is 4.79. The number of aryl methyl sites for hydroxylation is 1. The van der Waals surface area contributed by atoms with Gasteiger partial charge in [0.15, 0.2) is 5.78 Å². The topological polar surface area (TPSA) is 63.3 Å². The van der Waals surface area contributed by atoms with Crippen LogP contribution in [-0.4, -0.2) is 16.0 Å². The Labute approximate surface area is 129 Å². The molecule has 2 aliphatic rings. The lowest BCUT2D eigenvalue weighted by Gasteiger charge is -2.23. The molecule has 22 heavy (non-hydrogen) atoms. The summed E-state index contributed by atoms with van der Waals surface area (Å²) in [7, 11) is 0. The molecule has 4 heteroatoms. The van der Waals surface area contributed by atoms with Crippen molar-refractivity contribution in [2.24, 2.45) is 5.92 Å². The summed E-state index contributed by atoms with van der Waals surface area (Å²) in [5.74, 6) is 2.12. The van der Waals surface area contributed by atoms with E-state index in [9.17, 15) is 9.90 Å². The Hall–Kier alpha value is -2.10. The zero-order valence-corrected chi connectivity index (χ0v) is 12.4. The SMILES string of the molecule is O=C(CC1CCc2cc(O)ccc2C1)c1cc(C2CC2)on1. The van der Waals surface area contributed by atoms with Gasteiger partial charge < -0.3 is 9.63 Å². The molecule has 4 nitrogen and oxygen atoms in total. The molecule has 1 unspecified atom stereocenters. The maximum atomic E-state index is 12.4. The van der Waals surface area contributed by atoms with Crippen LogP contribution in [0.5, 0.6) is 5.75 Å². The van der Waals surface area contributed by atoms with Crippen molar-refractivity contribution in [3.63, 3.8) is 0 Å². The maximum Gasteiger partial charge on any atom is 0.185 e. The smallest absolute Gasteiger partial charge is 0.185 e. The second-order valence-corrected chi connectivity index (χ2v) is 6.58. The van der Waals surface area contributed by atoms with Gasteiger partial charge in [0.25, 0.3) is 0 Å². The van der Waals surface area contributed by atoms with Crippen LogP contribution in [0.2, 0.25) is 0 Å². The first-order valence-electron chi connectivity index (χ1n) is 7.99. The number of hydrogen-bond donors (Lipinski definition) is 1. The number of aromatic hydroxyl groups is 1. The van der Waals surface area contributed by atoms with Gasteiger partial charge in [-0.3, -0.25) is 4.79 Å². The summed E-state index contributed by atoms with van der Waals surface area (Å²) in [6.07, 6.45) is 5.62. The Kier molecular flexibility index (Phi) is 3.25. The van der Waals surface area contributed by atoms with E-state index in [1.807, 2.05) is 18.2 Å². The molecule has 0 spiro atoms. The lowest BCUT2D eigenvalue weighted by Crippen LogP contribution is -2.18. The number of aromatic nitrogens is 1. The minimum absolute atomic E-state index is 0.0860. The van der Waals surface area contributed by atoms with Gasteiger partial charge in [0, 0.05) is 18.4 Å². The summed E-state index contributed by atoms with van der Waals surface area (Å²) in [5, 5.41) is 13.5. The van der Waals surface area contributed by atoms with Crippen molar-refractivity contribution in [1.82, 2.24) is 5.16 Å². The van der Waals surface area contributed by atoms with Crippen LogP contribution >= 0.6 is 0 Å². The van der Waals surface area contributed by atoms with E-state index in [2.05, 4.69) is 5.16 Å². The van der Waals surface area contributed by atoms with Gasteiger partial charge >= 0.3 is 0 Å². The molecule has 4 rings (SSSR count). The molecule has 0 amide bonds. The molecule has 2 aromatic rings. The van der Waals surface area contributed by atoms with Crippen LogP contribution in [0.4, 0.5) is 0 Å². The number of nitrogens with zero attached hydrogens (tertiary/aromatic N) is 1. The highest BCUT2D eigenvalue weighted by Crippen LogP contribution is 2.40. The number of carbonyl (C=O) groups is 1. The second kappa shape index (κ2) is 5.27. The molecule has 1 heterocycles. The van der Waals surface area contributed by atoms with Crippen molar-refractivity contribution in [1.29, 1.82) is 0 Å². The van der Waals surface area contributed by atoms with Crippen LogP contribution in [0.1, 0.15) is 59.0 Å². The van der Waals surface area contributed by atoms with E-state index >= 15 is 0 Å². The number of carbonyl (C=O) groups excluding carboxylic acids is 1. The molecule has 0 aliphatic heterocycles. The minimum Gasteiger partial charge on any atom is -0.508 e. The van der Waals surface area contributed by atoms with Gasteiger partial charge in [-0.1, -0.05) is 11.2 Å². The molecule has 1 saturated carbocycles.